The molecule has 0 fully saturated rings. The second-order valence-corrected chi connectivity index (χ2v) is 9.18. The van der Waals surface area contributed by atoms with E-state index in [0.29, 0.717) is 11.7 Å². The lowest BCUT2D eigenvalue weighted by molar-refractivity contribution is -0.117. The highest BCUT2D eigenvalue weighted by atomic mass is 32.2. The van der Waals surface area contributed by atoms with Crippen LogP contribution in [0.2, 0.25) is 0 Å². The summed E-state index contributed by atoms with van der Waals surface area (Å²) in [6, 6.07) is 10.1. The van der Waals surface area contributed by atoms with Crippen LogP contribution in [0.15, 0.2) is 40.3 Å². The molecule has 1 aromatic carbocycles. The fraction of sp³-hybridized carbons (Fsp3) is 0.350. The van der Waals surface area contributed by atoms with E-state index < -0.39 is 11.2 Å². The SMILES string of the molecule is C[C@@H](Sc1nc2sc3c(c2c(=O)n1CCc1ccccc1)CCC3)C(N)=O. The van der Waals surface area contributed by atoms with Gasteiger partial charge in [0.05, 0.1) is 10.6 Å². The third kappa shape index (κ3) is 3.53. The molecule has 1 atom stereocenters. The van der Waals surface area contributed by atoms with Gasteiger partial charge in [-0.15, -0.1) is 11.3 Å². The Balaban J connectivity index is 1.78. The maximum Gasteiger partial charge on any atom is 0.263 e. The Bertz CT molecular complexity index is 1060. The van der Waals surface area contributed by atoms with Crippen molar-refractivity contribution < 1.29 is 4.79 Å². The van der Waals surface area contributed by atoms with E-state index in [1.54, 1.807) is 22.8 Å². The highest BCUT2D eigenvalue weighted by Gasteiger charge is 2.24. The Labute approximate surface area is 165 Å². The van der Waals surface area contributed by atoms with Gasteiger partial charge in [0.25, 0.3) is 5.56 Å². The fourth-order valence-electron chi connectivity index (χ4n) is 3.45. The number of rotatable bonds is 6. The number of thiophene rings is 1. The molecule has 2 aromatic heterocycles. The number of carbonyl (C=O) groups excluding carboxylic acids is 1. The predicted octanol–water partition coefficient (Wildman–Crippen LogP) is 3.16. The second kappa shape index (κ2) is 7.48. The molecule has 0 spiro atoms. The Hall–Kier alpha value is -2.12. The summed E-state index contributed by atoms with van der Waals surface area (Å²) in [5.74, 6) is -0.405. The minimum atomic E-state index is -0.441. The number of nitrogens with two attached hydrogens (primary N) is 1. The molecule has 1 aliphatic rings. The lowest BCUT2D eigenvalue weighted by Crippen LogP contribution is -2.27. The molecule has 2 N–H and O–H groups in total. The number of hydrogen-bond acceptors (Lipinski definition) is 5. The van der Waals surface area contributed by atoms with Crippen molar-refractivity contribution in [1.82, 2.24) is 9.55 Å². The molecule has 27 heavy (non-hydrogen) atoms. The van der Waals surface area contributed by atoms with Crippen molar-refractivity contribution in [3.63, 3.8) is 0 Å². The summed E-state index contributed by atoms with van der Waals surface area (Å²) in [6.45, 7) is 2.28. The van der Waals surface area contributed by atoms with Crippen molar-refractivity contribution in [3.8, 4) is 0 Å². The van der Waals surface area contributed by atoms with Gasteiger partial charge in [0.2, 0.25) is 5.91 Å². The number of nitrogens with zero attached hydrogens (tertiary/aromatic N) is 2. The third-order valence-corrected chi connectivity index (χ3v) is 7.23. The molecule has 0 aliphatic heterocycles. The van der Waals surface area contributed by atoms with Gasteiger partial charge in [0, 0.05) is 11.4 Å². The summed E-state index contributed by atoms with van der Waals surface area (Å²) in [7, 11) is 0. The lowest BCUT2D eigenvalue weighted by Gasteiger charge is -2.14. The van der Waals surface area contributed by atoms with E-state index in [-0.39, 0.29) is 5.56 Å². The van der Waals surface area contributed by atoms with Crippen LogP contribution in [0.25, 0.3) is 10.2 Å². The first-order chi connectivity index (χ1) is 13.0. The normalized spacial score (nSPS) is 14.4. The van der Waals surface area contributed by atoms with Crippen LogP contribution >= 0.6 is 23.1 Å². The molecule has 0 unspecified atom stereocenters. The van der Waals surface area contributed by atoms with Crippen LogP contribution in [0.5, 0.6) is 0 Å². The number of amides is 1. The van der Waals surface area contributed by atoms with Crippen LogP contribution < -0.4 is 11.3 Å². The maximum absolute atomic E-state index is 13.3. The van der Waals surface area contributed by atoms with Gasteiger partial charge in [-0.2, -0.15) is 0 Å². The number of hydrogen-bond donors (Lipinski definition) is 1. The highest BCUT2D eigenvalue weighted by molar-refractivity contribution is 8.00. The molecular formula is C20H21N3O2S2. The summed E-state index contributed by atoms with van der Waals surface area (Å²) >= 11 is 2.89. The first-order valence-electron chi connectivity index (χ1n) is 9.09. The highest BCUT2D eigenvalue weighted by Crippen LogP contribution is 2.36. The Morgan fingerprint density at radius 1 is 1.33 bits per heavy atom. The molecule has 1 aliphatic carbocycles. The van der Waals surface area contributed by atoms with E-state index in [9.17, 15) is 9.59 Å². The molecule has 3 aromatic rings. The zero-order valence-corrected chi connectivity index (χ0v) is 16.7. The summed E-state index contributed by atoms with van der Waals surface area (Å²) < 4.78 is 1.73. The van der Waals surface area contributed by atoms with Crippen LogP contribution in [0.4, 0.5) is 0 Å². The maximum atomic E-state index is 13.3. The van der Waals surface area contributed by atoms with Crippen molar-refractivity contribution in [2.24, 2.45) is 5.73 Å². The number of fused-ring (bicyclic) bond motifs is 3. The molecule has 1 amide bonds. The number of primary amides is 1. The van der Waals surface area contributed by atoms with Crippen molar-refractivity contribution in [3.05, 3.63) is 56.7 Å². The van der Waals surface area contributed by atoms with Gasteiger partial charge < -0.3 is 5.73 Å². The summed E-state index contributed by atoms with van der Waals surface area (Å²) in [5.41, 5.74) is 7.79. The fourth-order valence-corrected chi connectivity index (χ4v) is 5.63. The molecule has 0 radical (unpaired) electrons. The molecule has 7 heteroatoms. The second-order valence-electron chi connectivity index (χ2n) is 6.79. The van der Waals surface area contributed by atoms with Gasteiger partial charge in [-0.1, -0.05) is 42.1 Å². The van der Waals surface area contributed by atoms with Crippen molar-refractivity contribution in [2.45, 2.75) is 49.6 Å². The largest absolute Gasteiger partial charge is 0.369 e. The van der Waals surface area contributed by atoms with Gasteiger partial charge in [0.15, 0.2) is 5.16 Å². The van der Waals surface area contributed by atoms with Crippen molar-refractivity contribution >= 4 is 39.2 Å². The zero-order valence-electron chi connectivity index (χ0n) is 15.1. The van der Waals surface area contributed by atoms with Crippen LogP contribution in [-0.2, 0) is 30.6 Å². The minimum absolute atomic E-state index is 0.00880. The zero-order chi connectivity index (χ0) is 19.0. The molecule has 0 saturated carbocycles. The molecule has 5 nitrogen and oxygen atoms in total. The first kappa shape index (κ1) is 18.3. The summed E-state index contributed by atoms with van der Waals surface area (Å²) in [6.07, 6.45) is 3.82. The molecule has 4 rings (SSSR count). The number of aromatic nitrogens is 2. The van der Waals surface area contributed by atoms with Crippen LogP contribution in [0.1, 0.15) is 29.3 Å². The first-order valence-corrected chi connectivity index (χ1v) is 10.8. The van der Waals surface area contributed by atoms with E-state index in [1.165, 1.54) is 27.8 Å². The number of carbonyl (C=O) groups is 1. The van der Waals surface area contributed by atoms with Crippen LogP contribution in [0, 0.1) is 0 Å². The lowest BCUT2D eigenvalue weighted by atomic mass is 10.1. The van der Waals surface area contributed by atoms with Gasteiger partial charge in [-0.05, 0) is 43.7 Å². The number of aryl methyl sites for hydroxylation is 3. The molecule has 2 heterocycles. The van der Waals surface area contributed by atoms with E-state index in [2.05, 4.69) is 12.1 Å². The van der Waals surface area contributed by atoms with E-state index >= 15 is 0 Å². The quantitative estimate of drug-likeness (QED) is 0.510. The molecule has 0 bridgehead atoms. The number of thioether (sulfide) groups is 1. The van der Waals surface area contributed by atoms with Gasteiger partial charge in [0.1, 0.15) is 4.83 Å². The molecule has 140 valence electrons. The molecular weight excluding hydrogens is 378 g/mol. The van der Waals surface area contributed by atoms with Gasteiger partial charge in [-0.25, -0.2) is 4.98 Å². The Kier molecular flexibility index (Phi) is 5.06. The van der Waals surface area contributed by atoms with Crippen LogP contribution in [0.3, 0.4) is 0 Å². The van der Waals surface area contributed by atoms with Crippen molar-refractivity contribution in [1.29, 1.82) is 0 Å². The third-order valence-electron chi connectivity index (χ3n) is 4.94. The average Bonchev–Trinajstić information content (AvgIpc) is 3.22. The van der Waals surface area contributed by atoms with E-state index in [4.69, 9.17) is 10.7 Å². The Morgan fingerprint density at radius 3 is 2.85 bits per heavy atom. The minimum Gasteiger partial charge on any atom is -0.369 e. The average molecular weight is 400 g/mol. The standard InChI is InChI=1S/C20H21N3O2S2/c1-12(17(21)24)26-20-22-18-16(14-8-5-9-15(14)27-18)19(25)23(20)11-10-13-6-3-2-4-7-13/h2-4,6-7,12H,5,8-11H2,1H3,(H2,21,24)/t12-/m1/s1. The summed E-state index contributed by atoms with van der Waals surface area (Å²) in [4.78, 5) is 31.7. The monoisotopic (exact) mass is 399 g/mol. The van der Waals surface area contributed by atoms with E-state index in [1.807, 2.05) is 18.2 Å². The predicted molar refractivity (Wildman–Crippen MR) is 111 cm³/mol. The smallest absolute Gasteiger partial charge is 0.263 e. The van der Waals surface area contributed by atoms with Crippen LogP contribution in [-0.4, -0.2) is 20.7 Å². The summed E-state index contributed by atoms with van der Waals surface area (Å²) in [5, 5.41) is 0.912. The number of benzene rings is 1. The van der Waals surface area contributed by atoms with Crippen molar-refractivity contribution in [2.75, 3.05) is 0 Å². The molecule has 0 saturated heterocycles. The van der Waals surface area contributed by atoms with Gasteiger partial charge >= 0.3 is 0 Å². The van der Waals surface area contributed by atoms with E-state index in [0.717, 1.165) is 35.9 Å². The topological polar surface area (TPSA) is 78.0 Å². The van der Waals surface area contributed by atoms with Gasteiger partial charge in [-0.3, -0.25) is 14.2 Å². The Morgan fingerprint density at radius 2 is 2.11 bits per heavy atom.